The van der Waals surface area contributed by atoms with Gasteiger partial charge in [0.05, 0.1) is 5.41 Å². The predicted molar refractivity (Wildman–Crippen MR) is 63.6 cm³/mol. The second kappa shape index (κ2) is 4.67. The van der Waals surface area contributed by atoms with Gasteiger partial charge in [0, 0.05) is 19.0 Å². The van der Waals surface area contributed by atoms with Crippen LogP contribution in [0.5, 0.6) is 0 Å². The summed E-state index contributed by atoms with van der Waals surface area (Å²) in [7, 11) is 0. The molecule has 0 bridgehead atoms. The van der Waals surface area contributed by atoms with Crippen molar-refractivity contribution in [2.45, 2.75) is 57.9 Å². The standard InChI is InChI=1S/C13H21NO3/c1-2-9-14-10-5-3-4-7-13(10,12(16)17)8-6-11(14)15/h10H,2-9H2,1H3,(H,16,17)/t10-,13+/m1/s1. The van der Waals surface area contributed by atoms with Gasteiger partial charge in [-0.25, -0.2) is 0 Å². The maximum absolute atomic E-state index is 11.9. The Kier molecular flexibility index (Phi) is 3.40. The van der Waals surface area contributed by atoms with Gasteiger partial charge >= 0.3 is 5.97 Å². The van der Waals surface area contributed by atoms with Gasteiger partial charge in [-0.1, -0.05) is 19.8 Å². The van der Waals surface area contributed by atoms with Crippen LogP contribution in [0.2, 0.25) is 0 Å². The molecule has 2 atom stereocenters. The van der Waals surface area contributed by atoms with E-state index in [1.54, 1.807) is 0 Å². The van der Waals surface area contributed by atoms with Crippen molar-refractivity contribution < 1.29 is 14.7 Å². The first-order valence-corrected chi connectivity index (χ1v) is 6.64. The van der Waals surface area contributed by atoms with Gasteiger partial charge in [0.1, 0.15) is 0 Å². The summed E-state index contributed by atoms with van der Waals surface area (Å²) >= 11 is 0. The van der Waals surface area contributed by atoms with Crippen LogP contribution in [0.4, 0.5) is 0 Å². The number of rotatable bonds is 3. The minimum atomic E-state index is -0.698. The Labute approximate surface area is 102 Å². The van der Waals surface area contributed by atoms with Gasteiger partial charge in [0.25, 0.3) is 0 Å². The first-order valence-electron chi connectivity index (χ1n) is 6.64. The van der Waals surface area contributed by atoms with E-state index < -0.39 is 11.4 Å². The molecule has 0 aromatic carbocycles. The molecule has 1 saturated heterocycles. The summed E-state index contributed by atoms with van der Waals surface area (Å²) in [4.78, 5) is 25.4. The molecule has 1 saturated carbocycles. The van der Waals surface area contributed by atoms with Crippen LogP contribution in [-0.2, 0) is 9.59 Å². The Balaban J connectivity index is 2.29. The highest BCUT2D eigenvalue weighted by molar-refractivity contribution is 5.83. The maximum Gasteiger partial charge on any atom is 0.311 e. The highest BCUT2D eigenvalue weighted by Crippen LogP contribution is 2.46. The highest BCUT2D eigenvalue weighted by Gasteiger charge is 2.53. The normalized spacial score (nSPS) is 33.4. The number of carbonyl (C=O) groups is 2. The first-order chi connectivity index (χ1) is 8.12. The molecule has 0 unspecified atom stereocenters. The van der Waals surface area contributed by atoms with Gasteiger partial charge in [-0.3, -0.25) is 9.59 Å². The zero-order chi connectivity index (χ0) is 12.5. The van der Waals surface area contributed by atoms with Gasteiger partial charge in [0.15, 0.2) is 0 Å². The maximum atomic E-state index is 11.9. The van der Waals surface area contributed by atoms with Crippen molar-refractivity contribution in [3.05, 3.63) is 0 Å². The van der Waals surface area contributed by atoms with E-state index in [1.807, 2.05) is 11.8 Å². The van der Waals surface area contributed by atoms with E-state index >= 15 is 0 Å². The lowest BCUT2D eigenvalue weighted by molar-refractivity contribution is -0.166. The Morgan fingerprint density at radius 1 is 1.47 bits per heavy atom. The van der Waals surface area contributed by atoms with Crippen LogP contribution >= 0.6 is 0 Å². The fraction of sp³-hybridized carbons (Fsp3) is 0.846. The molecule has 4 heteroatoms. The van der Waals surface area contributed by atoms with Crippen molar-refractivity contribution in [3.8, 4) is 0 Å². The minimum absolute atomic E-state index is 0.0602. The first kappa shape index (κ1) is 12.4. The van der Waals surface area contributed by atoms with Crippen LogP contribution in [-0.4, -0.2) is 34.5 Å². The number of hydrogen-bond acceptors (Lipinski definition) is 2. The number of carbonyl (C=O) groups excluding carboxylic acids is 1. The highest BCUT2D eigenvalue weighted by atomic mass is 16.4. The van der Waals surface area contributed by atoms with Crippen LogP contribution < -0.4 is 0 Å². The summed E-state index contributed by atoms with van der Waals surface area (Å²) in [5.74, 6) is -0.550. The Morgan fingerprint density at radius 3 is 2.88 bits per heavy atom. The molecule has 1 aliphatic heterocycles. The summed E-state index contributed by atoms with van der Waals surface area (Å²) in [5, 5.41) is 9.56. The van der Waals surface area contributed by atoms with Crippen LogP contribution in [0.1, 0.15) is 51.9 Å². The third-order valence-electron chi connectivity index (χ3n) is 4.36. The second-order valence-electron chi connectivity index (χ2n) is 5.31. The van der Waals surface area contributed by atoms with E-state index in [4.69, 9.17) is 0 Å². The molecule has 17 heavy (non-hydrogen) atoms. The fourth-order valence-electron chi connectivity index (χ4n) is 3.49. The lowest BCUT2D eigenvalue weighted by Crippen LogP contribution is -2.59. The molecule has 0 radical (unpaired) electrons. The third kappa shape index (κ3) is 1.94. The van der Waals surface area contributed by atoms with Crippen molar-refractivity contribution >= 4 is 11.9 Å². The zero-order valence-corrected chi connectivity index (χ0v) is 10.4. The van der Waals surface area contributed by atoms with E-state index in [9.17, 15) is 14.7 Å². The number of carboxylic acid groups (broad SMARTS) is 1. The molecule has 2 fully saturated rings. The lowest BCUT2D eigenvalue weighted by atomic mass is 9.65. The number of piperidine rings is 1. The second-order valence-corrected chi connectivity index (χ2v) is 5.31. The Bertz CT molecular complexity index is 329. The number of likely N-dealkylation sites (tertiary alicyclic amines) is 1. The Morgan fingerprint density at radius 2 is 2.24 bits per heavy atom. The third-order valence-corrected chi connectivity index (χ3v) is 4.36. The minimum Gasteiger partial charge on any atom is -0.481 e. The van der Waals surface area contributed by atoms with Gasteiger partial charge in [-0.05, 0) is 25.7 Å². The fourth-order valence-corrected chi connectivity index (χ4v) is 3.49. The van der Waals surface area contributed by atoms with Crippen LogP contribution in [0, 0.1) is 5.41 Å². The van der Waals surface area contributed by atoms with Crippen molar-refractivity contribution in [1.82, 2.24) is 4.90 Å². The molecule has 1 N–H and O–H groups in total. The number of amides is 1. The molecule has 0 spiro atoms. The summed E-state index contributed by atoms with van der Waals surface area (Å²) in [6.07, 6.45) is 5.47. The summed E-state index contributed by atoms with van der Waals surface area (Å²) in [6, 6.07) is -0.0602. The van der Waals surface area contributed by atoms with E-state index in [0.29, 0.717) is 19.4 Å². The predicted octanol–water partition coefficient (Wildman–Crippen LogP) is 2.03. The smallest absolute Gasteiger partial charge is 0.311 e. The van der Waals surface area contributed by atoms with Crippen molar-refractivity contribution in [3.63, 3.8) is 0 Å². The molecule has 2 rings (SSSR count). The van der Waals surface area contributed by atoms with E-state index in [-0.39, 0.29) is 11.9 Å². The van der Waals surface area contributed by atoms with Crippen molar-refractivity contribution in [1.29, 1.82) is 0 Å². The SMILES string of the molecule is CCCN1C(=O)CC[C@@]2(C(=O)O)CCCC[C@@H]12. The molecule has 2 aliphatic rings. The van der Waals surface area contributed by atoms with E-state index in [2.05, 4.69) is 0 Å². The summed E-state index contributed by atoms with van der Waals surface area (Å²) in [5.41, 5.74) is -0.651. The molecule has 0 aromatic rings. The topological polar surface area (TPSA) is 57.6 Å². The van der Waals surface area contributed by atoms with Gasteiger partial charge in [0.2, 0.25) is 5.91 Å². The molecule has 1 aliphatic carbocycles. The number of nitrogens with zero attached hydrogens (tertiary/aromatic N) is 1. The molecule has 4 nitrogen and oxygen atoms in total. The summed E-state index contributed by atoms with van der Waals surface area (Å²) < 4.78 is 0. The van der Waals surface area contributed by atoms with Crippen molar-refractivity contribution in [2.75, 3.05) is 6.54 Å². The lowest BCUT2D eigenvalue weighted by Gasteiger charge is -2.50. The molecule has 96 valence electrons. The summed E-state index contributed by atoms with van der Waals surface area (Å²) in [6.45, 7) is 2.74. The molecule has 1 amide bonds. The molecular weight excluding hydrogens is 218 g/mol. The zero-order valence-electron chi connectivity index (χ0n) is 10.4. The molecular formula is C13H21NO3. The average Bonchev–Trinajstić information content (AvgIpc) is 2.33. The van der Waals surface area contributed by atoms with Gasteiger partial charge in [-0.2, -0.15) is 0 Å². The quantitative estimate of drug-likeness (QED) is 0.819. The number of hydrogen-bond donors (Lipinski definition) is 1. The molecule has 1 heterocycles. The van der Waals surface area contributed by atoms with Crippen molar-refractivity contribution in [2.24, 2.45) is 5.41 Å². The monoisotopic (exact) mass is 239 g/mol. The van der Waals surface area contributed by atoms with Gasteiger partial charge in [-0.15, -0.1) is 0 Å². The van der Waals surface area contributed by atoms with Crippen LogP contribution in [0.3, 0.4) is 0 Å². The van der Waals surface area contributed by atoms with Crippen LogP contribution in [0.25, 0.3) is 0 Å². The van der Waals surface area contributed by atoms with Gasteiger partial charge < -0.3 is 10.0 Å². The number of aliphatic carboxylic acids is 1. The van der Waals surface area contributed by atoms with Crippen LogP contribution in [0.15, 0.2) is 0 Å². The van der Waals surface area contributed by atoms with E-state index in [0.717, 1.165) is 32.1 Å². The average molecular weight is 239 g/mol. The van der Waals surface area contributed by atoms with E-state index in [1.165, 1.54) is 0 Å². The number of carboxylic acids is 1. The largest absolute Gasteiger partial charge is 0.481 e. The number of fused-ring (bicyclic) bond motifs is 1. The Hall–Kier alpha value is -1.06. The molecule has 0 aromatic heterocycles.